The van der Waals surface area contributed by atoms with Crippen molar-refractivity contribution in [1.82, 2.24) is 0 Å². The summed E-state index contributed by atoms with van der Waals surface area (Å²) < 4.78 is 34.8. The fraction of sp³-hybridized carbons (Fsp3) is 0.923. The van der Waals surface area contributed by atoms with Gasteiger partial charge in [0.2, 0.25) is 0 Å². The topological polar surface area (TPSA) is 136 Å². The maximum absolute atomic E-state index is 9.22. The molecule has 0 aliphatic carbocycles. The van der Waals surface area contributed by atoms with Crippen LogP contribution in [0, 0.1) is 0 Å². The molecule has 0 heterocycles. The first-order valence-electron chi connectivity index (χ1n) is 14.9. The number of aliphatic hydroxyl groups is 4. The van der Waals surface area contributed by atoms with Crippen LogP contribution in [0.5, 0.6) is 0 Å². The van der Waals surface area contributed by atoms with E-state index in [1.165, 1.54) is 0 Å². The van der Waals surface area contributed by atoms with Gasteiger partial charge in [-0.2, -0.15) is 0 Å². The van der Waals surface area contributed by atoms with E-state index in [-0.39, 0.29) is 26.4 Å². The summed E-state index contributed by atoms with van der Waals surface area (Å²) in [5.41, 5.74) is 0. The highest BCUT2D eigenvalue weighted by molar-refractivity contribution is 6.87. The smallest absolute Gasteiger partial charge is 0.314 e. The minimum Gasteiger partial charge on any atom is -0.439 e. The molecule has 0 aromatic heterocycles. The normalized spacial score (nSPS) is 14.5. The second kappa shape index (κ2) is 23.0. The van der Waals surface area contributed by atoms with Crippen LogP contribution in [0.3, 0.4) is 0 Å². The van der Waals surface area contributed by atoms with Crippen molar-refractivity contribution >= 4 is 51.1 Å². The highest BCUT2D eigenvalue weighted by Gasteiger charge is 2.39. The molecule has 0 rings (SSSR count). The van der Waals surface area contributed by atoms with Gasteiger partial charge in [0, 0.05) is 6.61 Å². The Balaban J connectivity index is -0.000000609. The molecule has 10 nitrogen and oxygen atoms in total. The summed E-state index contributed by atoms with van der Waals surface area (Å²) in [5, 5.41) is 34.9. The zero-order valence-electron chi connectivity index (χ0n) is 29.4. The summed E-state index contributed by atoms with van der Waals surface area (Å²) in [4.78, 5) is 0. The lowest BCUT2D eigenvalue weighted by atomic mass is 10.4. The first-order chi connectivity index (χ1) is 18.8. The molecule has 0 bridgehead atoms. The standard InChI is InChI=1S/C13H34O5Si3.C7H22O2Si3.C6H12O3/c1-19(2,3)17-21(7,18-20(4,5)6)10-8-9-16-12-13(15)11-14;1-10(8-11(2,3)4)9-12(5,6)7;1-2-3-9-5-6(8)4-7/h13-15H,8-12H2,1-7H3;10H,1-7H3;2,6-8H,1,3-5H2. The molecule has 0 saturated heterocycles. The van der Waals surface area contributed by atoms with E-state index in [1.807, 2.05) is 0 Å². The van der Waals surface area contributed by atoms with Crippen molar-refractivity contribution in [2.45, 2.75) is 116 Å². The average molecular weight is 709 g/mol. The fourth-order valence-electron chi connectivity index (χ4n) is 3.55. The largest absolute Gasteiger partial charge is 0.439 e. The molecule has 0 saturated carbocycles. The summed E-state index contributed by atoms with van der Waals surface area (Å²) in [6.45, 7) is 35.0. The van der Waals surface area contributed by atoms with E-state index in [0.717, 1.165) is 12.5 Å². The lowest BCUT2D eigenvalue weighted by molar-refractivity contribution is 0.00625. The molecule has 0 aromatic carbocycles. The van der Waals surface area contributed by atoms with E-state index in [9.17, 15) is 5.11 Å². The van der Waals surface area contributed by atoms with Crippen molar-refractivity contribution in [3.63, 3.8) is 0 Å². The third-order valence-corrected chi connectivity index (χ3v) is 22.2. The van der Waals surface area contributed by atoms with Gasteiger partial charge in [0.15, 0.2) is 33.3 Å². The maximum atomic E-state index is 9.22. The minimum atomic E-state index is -2.17. The number of ether oxygens (including phenoxy) is 2. The van der Waals surface area contributed by atoms with Crippen molar-refractivity contribution < 1.29 is 46.4 Å². The van der Waals surface area contributed by atoms with E-state index in [4.69, 9.17) is 41.3 Å². The quantitative estimate of drug-likeness (QED) is 0.0807. The van der Waals surface area contributed by atoms with E-state index < -0.39 is 63.3 Å². The van der Waals surface area contributed by atoms with Gasteiger partial charge in [-0.05, 0) is 104 Å². The van der Waals surface area contributed by atoms with Gasteiger partial charge in [-0.15, -0.1) is 6.58 Å². The SMILES string of the molecule is C=CCOCC(O)CO.C[SiH](O[Si](C)(C)C)O[Si](C)(C)C.C[Si](C)(C)O[Si](C)(CCCOCC(O)CO)O[Si](C)(C)C. The average Bonchev–Trinajstić information content (AvgIpc) is 2.74. The molecule has 0 spiro atoms. The number of hydrogen-bond acceptors (Lipinski definition) is 10. The van der Waals surface area contributed by atoms with Crippen LogP contribution in [-0.4, -0.2) is 123 Å². The van der Waals surface area contributed by atoms with Gasteiger partial charge in [0.05, 0.1) is 33.0 Å². The first kappa shape index (κ1) is 47.1. The summed E-state index contributed by atoms with van der Waals surface area (Å²) in [7, 11) is -9.50. The summed E-state index contributed by atoms with van der Waals surface area (Å²) in [6, 6.07) is 0.900. The van der Waals surface area contributed by atoms with Crippen molar-refractivity contribution in [2.24, 2.45) is 0 Å². The number of rotatable bonds is 20. The number of hydrogen-bond donors (Lipinski definition) is 4. The van der Waals surface area contributed by atoms with Crippen LogP contribution in [0.4, 0.5) is 0 Å². The van der Waals surface area contributed by atoms with Crippen LogP contribution in [-0.2, 0) is 25.9 Å². The molecule has 16 heteroatoms. The Morgan fingerprint density at radius 1 is 0.667 bits per heavy atom. The molecule has 4 N–H and O–H groups in total. The fourth-order valence-corrected chi connectivity index (χ4v) is 24.6. The molecule has 0 aliphatic heterocycles. The van der Waals surface area contributed by atoms with Gasteiger partial charge in [0.25, 0.3) is 9.28 Å². The molecule has 2 atom stereocenters. The number of aliphatic hydroxyl groups excluding tert-OH is 4. The highest BCUT2D eigenvalue weighted by atomic mass is 28.5. The highest BCUT2D eigenvalue weighted by Crippen LogP contribution is 2.25. The molecule has 0 aromatic rings. The molecule has 0 radical (unpaired) electrons. The molecule has 256 valence electrons. The Bertz CT molecular complexity index is 632. The summed E-state index contributed by atoms with van der Waals surface area (Å²) in [5.74, 6) is 0. The van der Waals surface area contributed by atoms with Crippen LogP contribution in [0.15, 0.2) is 12.7 Å². The molecule has 42 heavy (non-hydrogen) atoms. The molecule has 0 fully saturated rings. The summed E-state index contributed by atoms with van der Waals surface area (Å²) >= 11 is 0. The Morgan fingerprint density at radius 2 is 1.05 bits per heavy atom. The van der Waals surface area contributed by atoms with E-state index >= 15 is 0 Å². The molecular formula is C26H68O10Si6. The third-order valence-electron chi connectivity index (χ3n) is 4.28. The van der Waals surface area contributed by atoms with Gasteiger partial charge in [-0.3, -0.25) is 0 Å². The van der Waals surface area contributed by atoms with Gasteiger partial charge >= 0.3 is 8.56 Å². The zero-order valence-corrected chi connectivity index (χ0v) is 35.6. The Kier molecular flexibility index (Phi) is 25.8. The van der Waals surface area contributed by atoms with E-state index in [1.54, 1.807) is 6.08 Å². The van der Waals surface area contributed by atoms with Crippen molar-refractivity contribution in [3.05, 3.63) is 12.7 Å². The van der Waals surface area contributed by atoms with Gasteiger partial charge < -0.3 is 46.4 Å². The Hall–Kier alpha value is 0.641. The lowest BCUT2D eigenvalue weighted by Crippen LogP contribution is -2.52. The van der Waals surface area contributed by atoms with Gasteiger partial charge in [-0.25, -0.2) is 0 Å². The third kappa shape index (κ3) is 38.7. The molecule has 0 aliphatic rings. The van der Waals surface area contributed by atoms with Crippen LogP contribution in [0.25, 0.3) is 0 Å². The Labute approximate surface area is 265 Å². The van der Waals surface area contributed by atoms with Crippen LogP contribution in [0.2, 0.25) is 97.7 Å². The van der Waals surface area contributed by atoms with Gasteiger partial charge in [-0.1, -0.05) is 6.08 Å². The van der Waals surface area contributed by atoms with Crippen LogP contribution < -0.4 is 0 Å². The van der Waals surface area contributed by atoms with E-state index in [0.29, 0.717) is 13.2 Å². The van der Waals surface area contributed by atoms with Crippen molar-refractivity contribution in [3.8, 4) is 0 Å². The zero-order chi connectivity index (χ0) is 33.8. The second-order valence-electron chi connectivity index (χ2n) is 14.3. The van der Waals surface area contributed by atoms with Gasteiger partial charge in [0.1, 0.15) is 12.2 Å². The van der Waals surface area contributed by atoms with Crippen LogP contribution >= 0.6 is 0 Å². The molecular weight excluding hydrogens is 641 g/mol. The van der Waals surface area contributed by atoms with Crippen molar-refractivity contribution in [2.75, 3.05) is 39.6 Å². The van der Waals surface area contributed by atoms with Crippen LogP contribution in [0.1, 0.15) is 6.42 Å². The second-order valence-corrected chi connectivity index (χ2v) is 38.6. The lowest BCUT2D eigenvalue weighted by Gasteiger charge is -2.38. The Morgan fingerprint density at radius 3 is 1.36 bits per heavy atom. The monoisotopic (exact) mass is 708 g/mol. The molecule has 0 amide bonds. The first-order valence-corrected chi connectivity index (χ1v) is 33.1. The predicted molar refractivity (Wildman–Crippen MR) is 190 cm³/mol. The van der Waals surface area contributed by atoms with E-state index in [2.05, 4.69) is 98.2 Å². The summed E-state index contributed by atoms with van der Waals surface area (Å²) in [6.07, 6.45) is 0.898. The maximum Gasteiger partial charge on any atom is 0.314 e. The molecule has 2 unspecified atom stereocenters. The van der Waals surface area contributed by atoms with Crippen molar-refractivity contribution in [1.29, 1.82) is 0 Å². The minimum absolute atomic E-state index is 0.169. The predicted octanol–water partition coefficient (Wildman–Crippen LogP) is 4.60.